The Kier molecular flexibility index (Phi) is 4.86. The van der Waals surface area contributed by atoms with Gasteiger partial charge in [-0.15, -0.1) is 11.6 Å². The van der Waals surface area contributed by atoms with Crippen LogP contribution < -0.4 is 5.32 Å². The van der Waals surface area contributed by atoms with E-state index in [0.29, 0.717) is 11.5 Å². The first-order chi connectivity index (χ1) is 9.92. The Morgan fingerprint density at radius 1 is 1.33 bits per heavy atom. The SMILES string of the molecule is O=C(NCc1nsc(S(=O)(=O)CCl)n1)c1ccc(F)cc1. The Morgan fingerprint density at radius 3 is 2.62 bits per heavy atom. The van der Waals surface area contributed by atoms with Crippen molar-refractivity contribution >= 4 is 38.9 Å². The molecular weight excluding hydrogens is 341 g/mol. The normalized spacial score (nSPS) is 11.3. The molecule has 6 nitrogen and oxygen atoms in total. The van der Waals surface area contributed by atoms with Crippen molar-refractivity contribution in [2.45, 2.75) is 10.9 Å². The summed E-state index contributed by atoms with van der Waals surface area (Å²) in [4.78, 5) is 15.6. The van der Waals surface area contributed by atoms with Gasteiger partial charge in [-0.3, -0.25) is 4.79 Å². The van der Waals surface area contributed by atoms with E-state index >= 15 is 0 Å². The average Bonchev–Trinajstić information content (AvgIpc) is 2.95. The third-order valence-electron chi connectivity index (χ3n) is 2.37. The van der Waals surface area contributed by atoms with Gasteiger partial charge in [-0.25, -0.2) is 17.8 Å². The number of halogens is 2. The van der Waals surface area contributed by atoms with Crippen LogP contribution in [0.4, 0.5) is 4.39 Å². The molecule has 2 aromatic rings. The Morgan fingerprint density at radius 2 is 2.00 bits per heavy atom. The van der Waals surface area contributed by atoms with Crippen LogP contribution in [0.25, 0.3) is 0 Å². The van der Waals surface area contributed by atoms with E-state index in [9.17, 15) is 17.6 Å². The molecule has 0 bridgehead atoms. The van der Waals surface area contributed by atoms with Crippen LogP contribution in [0, 0.1) is 5.82 Å². The molecule has 0 unspecified atom stereocenters. The van der Waals surface area contributed by atoms with Gasteiger partial charge in [0.15, 0.2) is 5.82 Å². The molecule has 0 radical (unpaired) electrons. The number of hydrogen-bond acceptors (Lipinski definition) is 6. The van der Waals surface area contributed by atoms with Gasteiger partial charge < -0.3 is 5.32 Å². The van der Waals surface area contributed by atoms with Crippen LogP contribution in [0.1, 0.15) is 16.2 Å². The average molecular weight is 350 g/mol. The van der Waals surface area contributed by atoms with E-state index in [0.717, 1.165) is 0 Å². The summed E-state index contributed by atoms with van der Waals surface area (Å²) < 4.78 is 39.3. The van der Waals surface area contributed by atoms with Crippen molar-refractivity contribution in [3.63, 3.8) is 0 Å². The molecule has 1 amide bonds. The summed E-state index contributed by atoms with van der Waals surface area (Å²) in [6.07, 6.45) is 0. The zero-order valence-electron chi connectivity index (χ0n) is 10.4. The molecule has 1 aromatic heterocycles. The van der Waals surface area contributed by atoms with Crippen LogP contribution >= 0.6 is 23.1 Å². The van der Waals surface area contributed by atoms with E-state index in [1.54, 1.807) is 0 Å². The third kappa shape index (κ3) is 3.96. The van der Waals surface area contributed by atoms with Crippen molar-refractivity contribution < 1.29 is 17.6 Å². The van der Waals surface area contributed by atoms with Crippen LogP contribution in [0.2, 0.25) is 0 Å². The molecule has 0 aliphatic rings. The smallest absolute Gasteiger partial charge is 0.251 e. The molecule has 0 aliphatic carbocycles. The summed E-state index contributed by atoms with van der Waals surface area (Å²) in [5.41, 5.74) is 0.278. The molecule has 21 heavy (non-hydrogen) atoms. The molecule has 2 rings (SSSR count). The lowest BCUT2D eigenvalue weighted by atomic mass is 10.2. The standard InChI is InChI=1S/C11H9ClFN3O3S2/c12-6-21(18,19)11-15-9(16-20-11)5-14-10(17)7-1-3-8(13)4-2-7/h1-4H,5-6H2,(H,14,17). The van der Waals surface area contributed by atoms with Crippen LogP contribution in [0.5, 0.6) is 0 Å². The number of sulfone groups is 1. The lowest BCUT2D eigenvalue weighted by Gasteiger charge is -2.02. The fourth-order valence-corrected chi connectivity index (χ4v) is 3.37. The highest BCUT2D eigenvalue weighted by Crippen LogP contribution is 2.14. The number of nitrogens with zero attached hydrogens (tertiary/aromatic N) is 2. The van der Waals surface area contributed by atoms with E-state index in [1.807, 2.05) is 0 Å². The summed E-state index contributed by atoms with van der Waals surface area (Å²) in [6, 6.07) is 5.01. The highest BCUT2D eigenvalue weighted by Gasteiger charge is 2.19. The molecule has 1 aromatic carbocycles. The van der Waals surface area contributed by atoms with E-state index in [1.165, 1.54) is 24.3 Å². The number of rotatable bonds is 5. The molecule has 0 aliphatic heterocycles. The second-order valence-corrected chi connectivity index (χ2v) is 7.39. The van der Waals surface area contributed by atoms with Gasteiger partial charge in [0, 0.05) is 5.56 Å². The Hall–Kier alpha value is -1.58. The van der Waals surface area contributed by atoms with Crippen LogP contribution in [0.15, 0.2) is 28.6 Å². The van der Waals surface area contributed by atoms with Crippen molar-refractivity contribution in [3.05, 3.63) is 41.5 Å². The summed E-state index contributed by atoms with van der Waals surface area (Å²) >= 11 is 6.00. The Bertz CT molecular complexity index is 746. The molecule has 0 saturated carbocycles. The van der Waals surface area contributed by atoms with Crippen molar-refractivity contribution in [3.8, 4) is 0 Å². The number of carbonyl (C=O) groups is 1. The highest BCUT2D eigenvalue weighted by atomic mass is 35.5. The number of amides is 1. The van der Waals surface area contributed by atoms with Gasteiger partial charge in [0.05, 0.1) is 6.54 Å². The van der Waals surface area contributed by atoms with Crippen molar-refractivity contribution in [1.82, 2.24) is 14.7 Å². The third-order valence-corrected chi connectivity index (χ3v) is 5.68. The second kappa shape index (κ2) is 6.46. The number of nitrogens with one attached hydrogen (secondary N) is 1. The molecule has 0 saturated heterocycles. The second-order valence-electron chi connectivity index (χ2n) is 3.89. The largest absolute Gasteiger partial charge is 0.345 e. The van der Waals surface area contributed by atoms with E-state index < -0.39 is 26.8 Å². The fourth-order valence-electron chi connectivity index (χ4n) is 1.35. The van der Waals surface area contributed by atoms with Gasteiger partial charge in [0.25, 0.3) is 5.91 Å². The Labute approximate surface area is 129 Å². The summed E-state index contributed by atoms with van der Waals surface area (Å²) in [7, 11) is -3.62. The summed E-state index contributed by atoms with van der Waals surface area (Å²) in [5.74, 6) is -0.714. The molecule has 0 atom stereocenters. The van der Waals surface area contributed by atoms with Gasteiger partial charge in [-0.05, 0) is 35.8 Å². The zero-order valence-corrected chi connectivity index (χ0v) is 12.8. The number of aromatic nitrogens is 2. The quantitative estimate of drug-likeness (QED) is 0.828. The van der Waals surface area contributed by atoms with Gasteiger partial charge >= 0.3 is 0 Å². The first-order valence-corrected chi connectivity index (χ1v) is 8.53. The van der Waals surface area contributed by atoms with Crippen molar-refractivity contribution in [2.75, 3.05) is 5.21 Å². The number of carbonyl (C=O) groups excluding carboxylic acids is 1. The van der Waals surface area contributed by atoms with Gasteiger partial charge in [0.2, 0.25) is 14.2 Å². The highest BCUT2D eigenvalue weighted by molar-refractivity contribution is 7.94. The molecule has 0 spiro atoms. The molecule has 1 N–H and O–H groups in total. The first-order valence-electron chi connectivity index (χ1n) is 5.57. The maximum Gasteiger partial charge on any atom is 0.251 e. The maximum absolute atomic E-state index is 12.7. The Balaban J connectivity index is 2.00. The zero-order chi connectivity index (χ0) is 15.5. The fraction of sp³-hybridized carbons (Fsp3) is 0.182. The van der Waals surface area contributed by atoms with E-state index in [-0.39, 0.29) is 22.3 Å². The minimum absolute atomic E-state index is 0.0372. The lowest BCUT2D eigenvalue weighted by molar-refractivity contribution is 0.0950. The van der Waals surface area contributed by atoms with Gasteiger partial charge in [0.1, 0.15) is 11.0 Å². The summed E-state index contributed by atoms with van der Waals surface area (Å²) in [5, 5.41) is 1.93. The predicted octanol–water partition coefficient (Wildman–Crippen LogP) is 1.58. The molecule has 0 fully saturated rings. The number of benzene rings is 1. The van der Waals surface area contributed by atoms with E-state index in [2.05, 4.69) is 14.7 Å². The van der Waals surface area contributed by atoms with Gasteiger partial charge in [-0.2, -0.15) is 4.37 Å². The molecule has 10 heteroatoms. The maximum atomic E-state index is 12.7. The van der Waals surface area contributed by atoms with Crippen molar-refractivity contribution in [1.29, 1.82) is 0 Å². The van der Waals surface area contributed by atoms with Crippen LogP contribution in [0.3, 0.4) is 0 Å². The number of alkyl halides is 1. The van der Waals surface area contributed by atoms with Crippen LogP contribution in [-0.4, -0.2) is 28.9 Å². The monoisotopic (exact) mass is 349 g/mol. The molecule has 1 heterocycles. The van der Waals surface area contributed by atoms with E-state index in [4.69, 9.17) is 11.6 Å². The van der Waals surface area contributed by atoms with Crippen molar-refractivity contribution in [2.24, 2.45) is 0 Å². The minimum atomic E-state index is -3.62. The number of hydrogen-bond donors (Lipinski definition) is 1. The lowest BCUT2D eigenvalue weighted by Crippen LogP contribution is -2.23. The molecule has 112 valence electrons. The minimum Gasteiger partial charge on any atom is -0.345 e. The summed E-state index contributed by atoms with van der Waals surface area (Å²) in [6.45, 7) is -0.0372. The van der Waals surface area contributed by atoms with Crippen LogP contribution in [-0.2, 0) is 16.4 Å². The molecular formula is C11H9ClFN3O3S2. The topological polar surface area (TPSA) is 89.0 Å². The first kappa shape index (κ1) is 15.8. The van der Waals surface area contributed by atoms with Gasteiger partial charge in [-0.1, -0.05) is 0 Å². The predicted molar refractivity (Wildman–Crippen MR) is 75.4 cm³/mol.